The van der Waals surface area contributed by atoms with E-state index in [2.05, 4.69) is 67.8 Å². The summed E-state index contributed by atoms with van der Waals surface area (Å²) < 4.78 is 2.14. The van der Waals surface area contributed by atoms with E-state index >= 15 is 0 Å². The highest BCUT2D eigenvalue weighted by molar-refractivity contribution is 5.79. The van der Waals surface area contributed by atoms with E-state index < -0.39 is 0 Å². The molecular formula is C18H23N3. The average Bonchev–Trinajstić information content (AvgIpc) is 3.08. The molecule has 0 saturated heterocycles. The normalized spacial score (nSPS) is 13.0. The zero-order valence-electron chi connectivity index (χ0n) is 13.3. The number of aromatic amines is 1. The maximum atomic E-state index is 4.74. The van der Waals surface area contributed by atoms with Gasteiger partial charge in [0, 0.05) is 13.2 Å². The Balaban J connectivity index is 2.06. The fourth-order valence-corrected chi connectivity index (χ4v) is 2.75. The number of nitrogens with zero attached hydrogens (tertiary/aromatic N) is 2. The standard InChI is InChI=1S/C18H23N3/c1-5-12(3)14-7-8-15-16(10-14)20-18(19-15)17-9-13(6-2)11-21(17)4/h7-12H,5-6H2,1-4H3,(H,19,20). The summed E-state index contributed by atoms with van der Waals surface area (Å²) in [6.45, 7) is 6.67. The summed E-state index contributed by atoms with van der Waals surface area (Å²) in [5, 5.41) is 0. The molecule has 3 aromatic rings. The highest BCUT2D eigenvalue weighted by Crippen LogP contribution is 2.26. The van der Waals surface area contributed by atoms with Crippen LogP contribution in [0.3, 0.4) is 0 Å². The maximum Gasteiger partial charge on any atom is 0.155 e. The first-order valence-corrected chi connectivity index (χ1v) is 7.77. The maximum absolute atomic E-state index is 4.74. The number of aryl methyl sites for hydroxylation is 2. The molecule has 0 saturated carbocycles. The molecule has 0 amide bonds. The number of H-pyrrole nitrogens is 1. The van der Waals surface area contributed by atoms with Crippen LogP contribution in [0.2, 0.25) is 0 Å². The van der Waals surface area contributed by atoms with Crippen LogP contribution in [0.1, 0.15) is 44.2 Å². The smallest absolute Gasteiger partial charge is 0.155 e. The van der Waals surface area contributed by atoms with Crippen LogP contribution < -0.4 is 0 Å². The van der Waals surface area contributed by atoms with Gasteiger partial charge in [0.05, 0.1) is 16.7 Å². The highest BCUT2D eigenvalue weighted by atomic mass is 15.0. The molecule has 3 heteroatoms. The monoisotopic (exact) mass is 281 g/mol. The zero-order chi connectivity index (χ0) is 15.0. The minimum atomic E-state index is 0.586. The topological polar surface area (TPSA) is 33.6 Å². The van der Waals surface area contributed by atoms with Gasteiger partial charge in [-0.25, -0.2) is 4.98 Å². The summed E-state index contributed by atoms with van der Waals surface area (Å²) in [5.74, 6) is 1.54. The van der Waals surface area contributed by atoms with Crippen molar-refractivity contribution < 1.29 is 0 Å². The average molecular weight is 281 g/mol. The fourth-order valence-electron chi connectivity index (χ4n) is 2.75. The third-order valence-electron chi connectivity index (χ3n) is 4.40. The summed E-state index contributed by atoms with van der Waals surface area (Å²) >= 11 is 0. The lowest BCUT2D eigenvalue weighted by atomic mass is 9.98. The molecule has 3 rings (SSSR count). The van der Waals surface area contributed by atoms with Crippen LogP contribution in [0.5, 0.6) is 0 Å². The van der Waals surface area contributed by atoms with Crippen molar-refractivity contribution in [2.24, 2.45) is 7.05 Å². The highest BCUT2D eigenvalue weighted by Gasteiger charge is 2.11. The second-order valence-electron chi connectivity index (χ2n) is 5.87. The van der Waals surface area contributed by atoms with Crippen molar-refractivity contribution in [2.45, 2.75) is 39.5 Å². The number of aromatic nitrogens is 3. The lowest BCUT2D eigenvalue weighted by Gasteiger charge is -2.07. The molecule has 0 aliphatic heterocycles. The minimum Gasteiger partial charge on any atom is -0.348 e. The van der Waals surface area contributed by atoms with Crippen LogP contribution in [-0.2, 0) is 13.5 Å². The van der Waals surface area contributed by atoms with Crippen molar-refractivity contribution in [3.05, 3.63) is 41.6 Å². The Morgan fingerprint density at radius 3 is 2.71 bits per heavy atom. The molecule has 110 valence electrons. The number of hydrogen-bond donors (Lipinski definition) is 1. The number of fused-ring (bicyclic) bond motifs is 1. The van der Waals surface area contributed by atoms with Crippen molar-refractivity contribution >= 4 is 11.0 Å². The van der Waals surface area contributed by atoms with Gasteiger partial charge in [0.25, 0.3) is 0 Å². The molecule has 0 fully saturated rings. The Hall–Kier alpha value is -2.03. The molecule has 2 aromatic heterocycles. The van der Waals surface area contributed by atoms with Crippen molar-refractivity contribution in [1.29, 1.82) is 0 Å². The van der Waals surface area contributed by atoms with E-state index in [4.69, 9.17) is 4.98 Å². The largest absolute Gasteiger partial charge is 0.348 e. The van der Waals surface area contributed by atoms with E-state index in [1.165, 1.54) is 11.1 Å². The van der Waals surface area contributed by atoms with E-state index in [9.17, 15) is 0 Å². The van der Waals surface area contributed by atoms with E-state index in [0.717, 1.165) is 35.4 Å². The molecule has 3 nitrogen and oxygen atoms in total. The van der Waals surface area contributed by atoms with Crippen molar-refractivity contribution in [3.63, 3.8) is 0 Å². The van der Waals surface area contributed by atoms with E-state index in [-0.39, 0.29) is 0 Å². The molecule has 0 spiro atoms. The Labute approximate surface area is 126 Å². The van der Waals surface area contributed by atoms with Crippen LogP contribution in [0.25, 0.3) is 22.6 Å². The van der Waals surface area contributed by atoms with Crippen LogP contribution in [-0.4, -0.2) is 14.5 Å². The van der Waals surface area contributed by atoms with Crippen LogP contribution in [0.4, 0.5) is 0 Å². The van der Waals surface area contributed by atoms with Gasteiger partial charge in [0.2, 0.25) is 0 Å². The van der Waals surface area contributed by atoms with Crippen molar-refractivity contribution in [2.75, 3.05) is 0 Å². The van der Waals surface area contributed by atoms with Gasteiger partial charge in [-0.2, -0.15) is 0 Å². The first kappa shape index (κ1) is 13.9. The molecule has 1 aromatic carbocycles. The summed E-state index contributed by atoms with van der Waals surface area (Å²) in [6.07, 6.45) is 4.38. The van der Waals surface area contributed by atoms with Crippen LogP contribution >= 0.6 is 0 Å². The quantitative estimate of drug-likeness (QED) is 0.742. The number of hydrogen-bond acceptors (Lipinski definition) is 1. The first-order valence-electron chi connectivity index (χ1n) is 7.77. The molecule has 2 heterocycles. The summed E-state index contributed by atoms with van der Waals surface area (Å²) in [7, 11) is 2.08. The van der Waals surface area contributed by atoms with Gasteiger partial charge in [-0.15, -0.1) is 0 Å². The predicted octanol–water partition coefficient (Wildman–Crippen LogP) is 4.64. The number of nitrogens with one attached hydrogen (secondary N) is 1. The van der Waals surface area contributed by atoms with E-state index in [1.54, 1.807) is 0 Å². The second kappa shape index (κ2) is 5.40. The summed E-state index contributed by atoms with van der Waals surface area (Å²) in [6, 6.07) is 8.78. The second-order valence-corrected chi connectivity index (χ2v) is 5.87. The van der Waals surface area contributed by atoms with Gasteiger partial charge in [0.15, 0.2) is 5.82 Å². The number of benzene rings is 1. The van der Waals surface area contributed by atoms with E-state index in [0.29, 0.717) is 5.92 Å². The van der Waals surface area contributed by atoms with E-state index in [1.807, 2.05) is 0 Å². The Bertz CT molecular complexity index is 764. The van der Waals surface area contributed by atoms with Crippen LogP contribution in [0.15, 0.2) is 30.5 Å². The number of rotatable bonds is 4. The Kier molecular flexibility index (Phi) is 3.58. The van der Waals surface area contributed by atoms with Gasteiger partial charge in [-0.3, -0.25) is 0 Å². The van der Waals surface area contributed by atoms with Gasteiger partial charge in [-0.05, 0) is 48.1 Å². The van der Waals surface area contributed by atoms with Gasteiger partial charge in [-0.1, -0.05) is 26.8 Å². The SMILES string of the molecule is CCc1cc(-c2nc3ccc(C(C)CC)cc3[nH]2)n(C)c1. The van der Waals surface area contributed by atoms with Crippen LogP contribution in [0, 0.1) is 0 Å². The van der Waals surface area contributed by atoms with Crippen molar-refractivity contribution in [1.82, 2.24) is 14.5 Å². The lowest BCUT2D eigenvalue weighted by Crippen LogP contribution is -1.90. The van der Waals surface area contributed by atoms with Gasteiger partial charge < -0.3 is 9.55 Å². The zero-order valence-corrected chi connectivity index (χ0v) is 13.3. The molecular weight excluding hydrogens is 258 g/mol. The molecule has 1 atom stereocenters. The molecule has 1 N–H and O–H groups in total. The Morgan fingerprint density at radius 1 is 1.24 bits per heavy atom. The molecule has 0 bridgehead atoms. The molecule has 0 aliphatic rings. The van der Waals surface area contributed by atoms with Gasteiger partial charge in [0.1, 0.15) is 0 Å². The molecule has 0 aliphatic carbocycles. The molecule has 1 unspecified atom stereocenters. The van der Waals surface area contributed by atoms with Crippen molar-refractivity contribution in [3.8, 4) is 11.5 Å². The fraction of sp³-hybridized carbons (Fsp3) is 0.389. The predicted molar refractivity (Wildman–Crippen MR) is 88.6 cm³/mol. The number of imidazole rings is 1. The summed E-state index contributed by atoms with van der Waals surface area (Å²) in [5.41, 5.74) is 6.03. The van der Waals surface area contributed by atoms with Gasteiger partial charge >= 0.3 is 0 Å². The lowest BCUT2D eigenvalue weighted by molar-refractivity contribution is 0.734. The summed E-state index contributed by atoms with van der Waals surface area (Å²) in [4.78, 5) is 8.22. The molecule has 0 radical (unpaired) electrons. The first-order chi connectivity index (χ1) is 10.1. The third-order valence-corrected chi connectivity index (χ3v) is 4.40. The minimum absolute atomic E-state index is 0.586. The molecule has 21 heavy (non-hydrogen) atoms. The third kappa shape index (κ3) is 2.48. The Morgan fingerprint density at radius 2 is 2.05 bits per heavy atom.